The quantitative estimate of drug-likeness (QED) is 0.809. The topological polar surface area (TPSA) is 27.7 Å². The zero-order valence-electron chi connectivity index (χ0n) is 12.3. The van der Waals surface area contributed by atoms with Gasteiger partial charge in [0.2, 0.25) is 0 Å². The highest BCUT2D eigenvalue weighted by molar-refractivity contribution is 5.24. The van der Waals surface area contributed by atoms with Crippen molar-refractivity contribution in [1.29, 1.82) is 0 Å². The zero-order chi connectivity index (χ0) is 13.5. The number of hydrogen-bond donors (Lipinski definition) is 1. The van der Waals surface area contributed by atoms with Crippen LogP contribution in [0.5, 0.6) is 0 Å². The molecule has 0 atom stereocenters. The van der Waals surface area contributed by atoms with Gasteiger partial charge in [0.1, 0.15) is 0 Å². The summed E-state index contributed by atoms with van der Waals surface area (Å²) in [6, 6.07) is 0.655. The number of allylic oxidation sites excluding steroid dienone is 3. The van der Waals surface area contributed by atoms with E-state index in [1.54, 1.807) is 0 Å². The molecule has 0 aromatic heterocycles. The summed E-state index contributed by atoms with van der Waals surface area (Å²) in [4.78, 5) is 5.16. The van der Waals surface area contributed by atoms with Crippen LogP contribution in [0.15, 0.2) is 23.5 Å². The molecule has 0 spiro atoms. The van der Waals surface area contributed by atoms with Gasteiger partial charge < -0.3 is 15.0 Å². The van der Waals surface area contributed by atoms with Crippen molar-refractivity contribution >= 4 is 0 Å². The van der Waals surface area contributed by atoms with Gasteiger partial charge in [0.25, 0.3) is 0 Å². The van der Waals surface area contributed by atoms with Gasteiger partial charge in [-0.25, -0.2) is 0 Å². The molecule has 0 amide bonds. The zero-order valence-corrected chi connectivity index (χ0v) is 12.3. The van der Waals surface area contributed by atoms with Crippen molar-refractivity contribution in [2.75, 3.05) is 39.4 Å². The molecule has 2 saturated heterocycles. The van der Waals surface area contributed by atoms with Crippen LogP contribution in [0.2, 0.25) is 0 Å². The highest BCUT2D eigenvalue weighted by Gasteiger charge is 2.39. The molecule has 0 aromatic rings. The highest BCUT2D eigenvalue weighted by atomic mass is 16.5. The highest BCUT2D eigenvalue weighted by Crippen LogP contribution is 2.28. The molecule has 19 heavy (non-hydrogen) atoms. The second-order valence-corrected chi connectivity index (χ2v) is 6.49. The third kappa shape index (κ3) is 2.51. The van der Waals surface area contributed by atoms with E-state index in [0.717, 1.165) is 39.4 Å². The van der Waals surface area contributed by atoms with E-state index in [1.165, 1.54) is 11.4 Å². The van der Waals surface area contributed by atoms with Crippen LogP contribution in [0.1, 0.15) is 20.8 Å². The molecule has 0 radical (unpaired) electrons. The summed E-state index contributed by atoms with van der Waals surface area (Å²) in [5, 5.41) is 3.44. The third-order valence-corrected chi connectivity index (χ3v) is 4.49. The molecule has 3 heterocycles. The van der Waals surface area contributed by atoms with Gasteiger partial charge in [0, 0.05) is 36.6 Å². The molecule has 0 aromatic carbocycles. The Kier molecular flexibility index (Phi) is 3.31. The van der Waals surface area contributed by atoms with Crippen LogP contribution in [0.25, 0.3) is 0 Å². The van der Waals surface area contributed by atoms with Gasteiger partial charge in [-0.2, -0.15) is 0 Å². The van der Waals surface area contributed by atoms with E-state index in [9.17, 15) is 0 Å². The Morgan fingerprint density at radius 1 is 1.26 bits per heavy atom. The average molecular weight is 263 g/mol. The van der Waals surface area contributed by atoms with Gasteiger partial charge >= 0.3 is 0 Å². The molecular weight excluding hydrogens is 238 g/mol. The first-order valence-corrected chi connectivity index (χ1v) is 7.27. The standard InChI is InChI=1S/C15H25N3O/c1-12-4-5-13(8-16-12)18-7-6-17(11-15(18,2)3)14-9-19-10-14/h4-5,14,16H,6-11H2,1-3H3. The molecule has 3 aliphatic heterocycles. The van der Waals surface area contributed by atoms with E-state index in [2.05, 4.69) is 48.0 Å². The average Bonchev–Trinajstić information content (AvgIpc) is 2.27. The lowest BCUT2D eigenvalue weighted by molar-refractivity contribution is -0.0939. The van der Waals surface area contributed by atoms with Gasteiger partial charge in [-0.05, 0) is 32.9 Å². The van der Waals surface area contributed by atoms with Crippen molar-refractivity contribution in [3.05, 3.63) is 23.5 Å². The molecule has 2 fully saturated rings. The maximum Gasteiger partial charge on any atom is 0.0645 e. The number of rotatable bonds is 2. The monoisotopic (exact) mass is 263 g/mol. The van der Waals surface area contributed by atoms with Crippen molar-refractivity contribution in [3.8, 4) is 0 Å². The number of piperazine rings is 1. The first-order valence-electron chi connectivity index (χ1n) is 7.27. The van der Waals surface area contributed by atoms with Crippen molar-refractivity contribution < 1.29 is 4.74 Å². The molecule has 0 bridgehead atoms. The lowest BCUT2D eigenvalue weighted by Gasteiger charge is -2.52. The minimum Gasteiger partial charge on any atom is -0.383 e. The van der Waals surface area contributed by atoms with E-state index in [4.69, 9.17) is 4.74 Å². The van der Waals surface area contributed by atoms with E-state index in [0.29, 0.717) is 6.04 Å². The molecule has 3 aliphatic rings. The fourth-order valence-corrected chi connectivity index (χ4v) is 3.23. The summed E-state index contributed by atoms with van der Waals surface area (Å²) in [5.74, 6) is 0. The Labute approximate surface area is 116 Å². The molecule has 4 heteroatoms. The lowest BCUT2D eigenvalue weighted by Crippen LogP contribution is -2.64. The van der Waals surface area contributed by atoms with Crippen LogP contribution in [-0.2, 0) is 4.74 Å². The Balaban J connectivity index is 1.70. The molecule has 1 N–H and O–H groups in total. The minimum atomic E-state index is 0.195. The predicted molar refractivity (Wildman–Crippen MR) is 76.8 cm³/mol. The van der Waals surface area contributed by atoms with Crippen molar-refractivity contribution in [3.63, 3.8) is 0 Å². The van der Waals surface area contributed by atoms with Crippen molar-refractivity contribution in [2.45, 2.75) is 32.4 Å². The summed E-state index contributed by atoms with van der Waals surface area (Å²) in [6.45, 7) is 13.0. The summed E-state index contributed by atoms with van der Waals surface area (Å²) in [5.41, 5.74) is 2.87. The predicted octanol–water partition coefficient (Wildman–Crippen LogP) is 1.17. The second-order valence-electron chi connectivity index (χ2n) is 6.49. The summed E-state index contributed by atoms with van der Waals surface area (Å²) in [7, 11) is 0. The Bertz CT molecular complexity index is 410. The third-order valence-electron chi connectivity index (χ3n) is 4.49. The number of ether oxygens (including phenoxy) is 1. The fraction of sp³-hybridized carbons (Fsp3) is 0.733. The Morgan fingerprint density at radius 2 is 2.05 bits per heavy atom. The van der Waals surface area contributed by atoms with Crippen molar-refractivity contribution in [2.24, 2.45) is 0 Å². The van der Waals surface area contributed by atoms with Crippen LogP contribution in [-0.4, -0.2) is 60.8 Å². The van der Waals surface area contributed by atoms with E-state index >= 15 is 0 Å². The summed E-state index contributed by atoms with van der Waals surface area (Å²) >= 11 is 0. The first-order chi connectivity index (χ1) is 9.06. The van der Waals surface area contributed by atoms with Crippen molar-refractivity contribution in [1.82, 2.24) is 15.1 Å². The van der Waals surface area contributed by atoms with Crippen LogP contribution >= 0.6 is 0 Å². The fourth-order valence-electron chi connectivity index (χ4n) is 3.23. The smallest absolute Gasteiger partial charge is 0.0645 e. The number of nitrogens with zero attached hydrogens (tertiary/aromatic N) is 2. The largest absolute Gasteiger partial charge is 0.383 e. The first kappa shape index (κ1) is 13.0. The number of nitrogens with one attached hydrogen (secondary N) is 1. The summed E-state index contributed by atoms with van der Waals surface area (Å²) < 4.78 is 5.33. The van der Waals surface area contributed by atoms with E-state index in [-0.39, 0.29) is 5.54 Å². The van der Waals surface area contributed by atoms with Gasteiger partial charge in [0.15, 0.2) is 0 Å². The Morgan fingerprint density at radius 3 is 2.58 bits per heavy atom. The SMILES string of the molecule is CC1=CC=C(N2CCN(C3COC3)CC2(C)C)CN1. The molecule has 0 unspecified atom stereocenters. The van der Waals surface area contributed by atoms with E-state index in [1.807, 2.05) is 0 Å². The van der Waals surface area contributed by atoms with Crippen LogP contribution < -0.4 is 5.32 Å². The maximum absolute atomic E-state index is 5.33. The molecular formula is C15H25N3O. The van der Waals surface area contributed by atoms with Gasteiger partial charge in [-0.1, -0.05) is 0 Å². The van der Waals surface area contributed by atoms with Gasteiger partial charge in [-0.15, -0.1) is 0 Å². The number of dihydropyridines is 1. The maximum atomic E-state index is 5.33. The number of hydrogen-bond acceptors (Lipinski definition) is 4. The van der Waals surface area contributed by atoms with Crippen LogP contribution in [0.3, 0.4) is 0 Å². The molecule has 3 rings (SSSR count). The second kappa shape index (κ2) is 4.84. The molecule has 4 nitrogen and oxygen atoms in total. The molecule has 0 aliphatic carbocycles. The lowest BCUT2D eigenvalue weighted by atomic mass is 9.95. The normalized spacial score (nSPS) is 28.3. The van der Waals surface area contributed by atoms with Gasteiger partial charge in [-0.3, -0.25) is 4.90 Å². The minimum absolute atomic E-state index is 0.195. The summed E-state index contributed by atoms with van der Waals surface area (Å²) in [6.07, 6.45) is 4.46. The van der Waals surface area contributed by atoms with E-state index < -0.39 is 0 Å². The molecule has 0 saturated carbocycles. The van der Waals surface area contributed by atoms with Crippen LogP contribution in [0.4, 0.5) is 0 Å². The van der Waals surface area contributed by atoms with Crippen LogP contribution in [0, 0.1) is 0 Å². The Hall–Kier alpha value is -1.00. The molecule has 106 valence electrons. The van der Waals surface area contributed by atoms with Gasteiger partial charge in [0.05, 0.1) is 25.8 Å².